The van der Waals surface area contributed by atoms with Gasteiger partial charge in [-0.05, 0) is 45.6 Å². The number of morpholine rings is 1. The standard InChI is InChI=1S/C17H30N4O2/c1-13(21-9-11-23-12-10-21)6-7-17(22)18-8-4-5-16-14(2)19-20-15(16)3/h13H,4-12H2,1-3H3,(H,18,22)(H,19,20)/t13-/m0/s1. The molecule has 130 valence electrons. The monoisotopic (exact) mass is 322 g/mol. The number of aryl methyl sites for hydroxylation is 2. The fourth-order valence-electron chi connectivity index (χ4n) is 3.06. The zero-order chi connectivity index (χ0) is 16.7. The van der Waals surface area contributed by atoms with E-state index in [2.05, 4.69) is 27.3 Å². The Morgan fingerprint density at radius 1 is 1.39 bits per heavy atom. The number of amides is 1. The second-order valence-corrected chi connectivity index (χ2v) is 6.40. The van der Waals surface area contributed by atoms with E-state index in [1.54, 1.807) is 0 Å². The lowest BCUT2D eigenvalue weighted by Gasteiger charge is -2.32. The average Bonchev–Trinajstić information content (AvgIpc) is 2.89. The molecular weight excluding hydrogens is 292 g/mol. The summed E-state index contributed by atoms with van der Waals surface area (Å²) in [5.74, 6) is 0.158. The third-order valence-electron chi connectivity index (χ3n) is 4.66. The third kappa shape index (κ3) is 5.62. The minimum absolute atomic E-state index is 0.158. The predicted molar refractivity (Wildman–Crippen MR) is 90.5 cm³/mol. The molecule has 23 heavy (non-hydrogen) atoms. The molecule has 1 fully saturated rings. The second kappa shape index (κ2) is 9.03. The van der Waals surface area contributed by atoms with Gasteiger partial charge in [-0.2, -0.15) is 5.10 Å². The maximum Gasteiger partial charge on any atom is 0.220 e. The van der Waals surface area contributed by atoms with Crippen LogP contribution in [-0.2, 0) is 16.0 Å². The van der Waals surface area contributed by atoms with Crippen molar-refractivity contribution < 1.29 is 9.53 Å². The highest BCUT2D eigenvalue weighted by molar-refractivity contribution is 5.75. The minimum atomic E-state index is 0.158. The van der Waals surface area contributed by atoms with Crippen LogP contribution in [0, 0.1) is 13.8 Å². The zero-order valence-electron chi connectivity index (χ0n) is 14.7. The van der Waals surface area contributed by atoms with Gasteiger partial charge in [0.15, 0.2) is 0 Å². The van der Waals surface area contributed by atoms with Crippen molar-refractivity contribution >= 4 is 5.91 Å². The minimum Gasteiger partial charge on any atom is -0.379 e. The van der Waals surface area contributed by atoms with Crippen molar-refractivity contribution in [2.45, 2.75) is 52.5 Å². The summed E-state index contributed by atoms with van der Waals surface area (Å²) in [7, 11) is 0. The lowest BCUT2D eigenvalue weighted by Crippen LogP contribution is -2.42. The van der Waals surface area contributed by atoms with Crippen LogP contribution in [0.15, 0.2) is 0 Å². The number of hydrogen-bond donors (Lipinski definition) is 2. The van der Waals surface area contributed by atoms with Crippen molar-refractivity contribution in [2.24, 2.45) is 0 Å². The molecule has 0 aliphatic carbocycles. The molecule has 1 atom stereocenters. The van der Waals surface area contributed by atoms with Crippen LogP contribution in [0.25, 0.3) is 0 Å². The number of carbonyl (C=O) groups excluding carboxylic acids is 1. The number of rotatable bonds is 8. The summed E-state index contributed by atoms with van der Waals surface area (Å²) in [6, 6.07) is 0.445. The SMILES string of the molecule is Cc1n[nH]c(C)c1CCCNC(=O)CC[C@H](C)N1CCOCC1. The summed E-state index contributed by atoms with van der Waals surface area (Å²) < 4.78 is 5.36. The Morgan fingerprint density at radius 2 is 2.13 bits per heavy atom. The number of aromatic amines is 1. The molecule has 2 N–H and O–H groups in total. The van der Waals surface area contributed by atoms with E-state index in [4.69, 9.17) is 4.74 Å². The van der Waals surface area contributed by atoms with Crippen molar-refractivity contribution in [1.29, 1.82) is 0 Å². The Morgan fingerprint density at radius 3 is 2.78 bits per heavy atom. The molecule has 0 radical (unpaired) electrons. The number of hydrogen-bond acceptors (Lipinski definition) is 4. The van der Waals surface area contributed by atoms with E-state index in [1.165, 1.54) is 5.56 Å². The molecule has 2 heterocycles. The maximum absolute atomic E-state index is 12.0. The number of nitrogens with zero attached hydrogens (tertiary/aromatic N) is 2. The summed E-state index contributed by atoms with van der Waals surface area (Å²) >= 11 is 0. The lowest BCUT2D eigenvalue weighted by molar-refractivity contribution is -0.121. The highest BCUT2D eigenvalue weighted by atomic mass is 16.5. The summed E-state index contributed by atoms with van der Waals surface area (Å²) in [4.78, 5) is 14.4. The first-order valence-corrected chi connectivity index (χ1v) is 8.67. The van der Waals surface area contributed by atoms with Gasteiger partial charge in [-0.15, -0.1) is 0 Å². The Labute approximate surface area is 139 Å². The molecular formula is C17H30N4O2. The van der Waals surface area contributed by atoms with Crippen LogP contribution in [0.4, 0.5) is 0 Å². The van der Waals surface area contributed by atoms with Crippen LogP contribution in [-0.4, -0.2) is 59.9 Å². The molecule has 1 aliphatic heterocycles. The summed E-state index contributed by atoms with van der Waals surface area (Å²) in [5.41, 5.74) is 3.47. The Balaban J connectivity index is 1.58. The van der Waals surface area contributed by atoms with Crippen LogP contribution < -0.4 is 5.32 Å². The van der Waals surface area contributed by atoms with Gasteiger partial charge in [0.1, 0.15) is 0 Å². The molecule has 1 aliphatic rings. The van der Waals surface area contributed by atoms with Gasteiger partial charge >= 0.3 is 0 Å². The molecule has 1 aromatic rings. The van der Waals surface area contributed by atoms with E-state index in [-0.39, 0.29) is 5.91 Å². The fraction of sp³-hybridized carbons (Fsp3) is 0.765. The molecule has 6 heteroatoms. The van der Waals surface area contributed by atoms with Crippen LogP contribution in [0.5, 0.6) is 0 Å². The zero-order valence-corrected chi connectivity index (χ0v) is 14.7. The van der Waals surface area contributed by atoms with Crippen molar-refractivity contribution in [1.82, 2.24) is 20.4 Å². The van der Waals surface area contributed by atoms with Gasteiger partial charge in [0.2, 0.25) is 5.91 Å². The van der Waals surface area contributed by atoms with Gasteiger partial charge in [0.05, 0.1) is 18.9 Å². The van der Waals surface area contributed by atoms with Gasteiger partial charge < -0.3 is 10.1 Å². The molecule has 1 amide bonds. The maximum atomic E-state index is 12.0. The first kappa shape index (κ1) is 17.9. The number of ether oxygens (including phenoxy) is 1. The van der Waals surface area contributed by atoms with Gasteiger partial charge in [0, 0.05) is 37.8 Å². The van der Waals surface area contributed by atoms with Gasteiger partial charge in [-0.1, -0.05) is 0 Å². The molecule has 0 aromatic carbocycles. The Kier molecular flexibility index (Phi) is 7.05. The molecule has 0 unspecified atom stereocenters. The van der Waals surface area contributed by atoms with Crippen molar-refractivity contribution in [2.75, 3.05) is 32.8 Å². The predicted octanol–water partition coefficient (Wildman–Crippen LogP) is 1.58. The average molecular weight is 322 g/mol. The van der Waals surface area contributed by atoms with E-state index >= 15 is 0 Å². The van der Waals surface area contributed by atoms with Crippen LogP contribution in [0.2, 0.25) is 0 Å². The summed E-state index contributed by atoms with van der Waals surface area (Å²) in [6.07, 6.45) is 3.42. The van der Waals surface area contributed by atoms with E-state index in [1.807, 2.05) is 13.8 Å². The second-order valence-electron chi connectivity index (χ2n) is 6.40. The van der Waals surface area contributed by atoms with Crippen LogP contribution >= 0.6 is 0 Å². The highest BCUT2D eigenvalue weighted by Gasteiger charge is 2.17. The molecule has 2 rings (SSSR count). The van der Waals surface area contributed by atoms with Gasteiger partial charge in [-0.3, -0.25) is 14.8 Å². The largest absolute Gasteiger partial charge is 0.379 e. The molecule has 0 spiro atoms. The van der Waals surface area contributed by atoms with Crippen LogP contribution in [0.3, 0.4) is 0 Å². The van der Waals surface area contributed by atoms with E-state index in [0.29, 0.717) is 12.5 Å². The fourth-order valence-corrected chi connectivity index (χ4v) is 3.06. The van der Waals surface area contributed by atoms with E-state index in [0.717, 1.165) is 63.5 Å². The van der Waals surface area contributed by atoms with Crippen molar-refractivity contribution in [3.8, 4) is 0 Å². The van der Waals surface area contributed by atoms with Crippen molar-refractivity contribution in [3.05, 3.63) is 17.0 Å². The van der Waals surface area contributed by atoms with E-state index in [9.17, 15) is 4.79 Å². The molecule has 1 aromatic heterocycles. The quantitative estimate of drug-likeness (QED) is 0.713. The first-order valence-electron chi connectivity index (χ1n) is 8.67. The van der Waals surface area contributed by atoms with Gasteiger partial charge in [-0.25, -0.2) is 0 Å². The summed E-state index contributed by atoms with van der Waals surface area (Å²) in [6.45, 7) is 10.6. The molecule has 0 saturated carbocycles. The number of H-pyrrole nitrogens is 1. The van der Waals surface area contributed by atoms with Gasteiger partial charge in [0.25, 0.3) is 0 Å². The number of aromatic nitrogens is 2. The normalized spacial score (nSPS) is 17.2. The Hall–Kier alpha value is -1.40. The van der Waals surface area contributed by atoms with Crippen molar-refractivity contribution in [3.63, 3.8) is 0 Å². The molecule has 0 bridgehead atoms. The van der Waals surface area contributed by atoms with Crippen LogP contribution in [0.1, 0.15) is 43.1 Å². The number of carbonyl (C=O) groups is 1. The Bertz CT molecular complexity index is 475. The first-order chi connectivity index (χ1) is 11.1. The lowest BCUT2D eigenvalue weighted by atomic mass is 10.1. The topological polar surface area (TPSA) is 70.2 Å². The molecule has 6 nitrogen and oxygen atoms in total. The third-order valence-corrected chi connectivity index (χ3v) is 4.66. The number of nitrogens with one attached hydrogen (secondary N) is 2. The smallest absolute Gasteiger partial charge is 0.220 e. The summed E-state index contributed by atoms with van der Waals surface area (Å²) in [5, 5.41) is 10.2. The highest BCUT2D eigenvalue weighted by Crippen LogP contribution is 2.11. The van der Waals surface area contributed by atoms with E-state index < -0.39 is 0 Å². The molecule has 1 saturated heterocycles.